The van der Waals surface area contributed by atoms with Gasteiger partial charge in [0.15, 0.2) is 6.29 Å². The summed E-state index contributed by atoms with van der Waals surface area (Å²) >= 11 is 0. The Morgan fingerprint density at radius 2 is 2.28 bits per heavy atom. The van der Waals surface area contributed by atoms with Crippen LogP contribution in [0.1, 0.15) is 16.6 Å². The van der Waals surface area contributed by atoms with E-state index in [-0.39, 0.29) is 18.2 Å². The summed E-state index contributed by atoms with van der Waals surface area (Å²) in [5.74, 6) is -1.07. The molecule has 1 aliphatic rings. The lowest BCUT2D eigenvalue weighted by atomic mass is 10.1. The minimum absolute atomic E-state index is 0.0623. The third kappa shape index (κ3) is 2.35. The highest BCUT2D eigenvalue weighted by atomic mass is 16.4. The fourth-order valence-corrected chi connectivity index (χ4v) is 1.82. The van der Waals surface area contributed by atoms with Crippen molar-refractivity contribution in [1.82, 2.24) is 20.4 Å². The van der Waals surface area contributed by atoms with Gasteiger partial charge >= 0.3 is 5.97 Å². The number of nitrogens with two attached hydrogens (primary N) is 2. The number of aromatic carboxylic acids is 1. The van der Waals surface area contributed by atoms with Crippen molar-refractivity contribution in [2.75, 3.05) is 6.54 Å². The zero-order chi connectivity index (χ0) is 13.3. The maximum Gasteiger partial charge on any atom is 0.338 e. The Labute approximate surface area is 103 Å². The van der Waals surface area contributed by atoms with Gasteiger partial charge in [0.05, 0.1) is 17.8 Å². The van der Waals surface area contributed by atoms with Crippen LogP contribution in [0, 0.1) is 0 Å². The van der Waals surface area contributed by atoms with Gasteiger partial charge in [-0.2, -0.15) is 5.10 Å². The topological polar surface area (TPSA) is 151 Å². The van der Waals surface area contributed by atoms with Crippen LogP contribution >= 0.6 is 0 Å². The summed E-state index contributed by atoms with van der Waals surface area (Å²) in [5, 5.41) is 28.3. The number of aliphatic hydroxyl groups is 1. The van der Waals surface area contributed by atoms with Crippen molar-refractivity contribution in [3.8, 4) is 0 Å². The summed E-state index contributed by atoms with van der Waals surface area (Å²) in [7, 11) is 0. The number of carbonyl (C=O) groups is 1. The average molecular weight is 256 g/mol. The molecule has 0 spiro atoms. The van der Waals surface area contributed by atoms with E-state index in [9.17, 15) is 9.90 Å². The zero-order valence-corrected chi connectivity index (χ0v) is 9.52. The van der Waals surface area contributed by atoms with Crippen molar-refractivity contribution >= 4 is 5.97 Å². The molecule has 1 aliphatic heterocycles. The summed E-state index contributed by atoms with van der Waals surface area (Å²) in [5.41, 5.74) is 11.4. The van der Waals surface area contributed by atoms with E-state index in [0.717, 1.165) is 0 Å². The third-order valence-electron chi connectivity index (χ3n) is 2.90. The van der Waals surface area contributed by atoms with Crippen LogP contribution in [0.2, 0.25) is 0 Å². The first-order chi connectivity index (χ1) is 8.52. The molecule has 2 heterocycles. The highest BCUT2D eigenvalue weighted by molar-refractivity contribution is 5.86. The lowest BCUT2D eigenvalue weighted by molar-refractivity contribution is 0.0178. The monoisotopic (exact) mass is 256 g/mol. The van der Waals surface area contributed by atoms with E-state index in [1.807, 2.05) is 0 Å². The summed E-state index contributed by atoms with van der Waals surface area (Å²) in [6.45, 7) is 0.253. The van der Waals surface area contributed by atoms with Crippen molar-refractivity contribution in [3.63, 3.8) is 0 Å². The smallest absolute Gasteiger partial charge is 0.338 e. The van der Waals surface area contributed by atoms with E-state index in [4.69, 9.17) is 16.6 Å². The Morgan fingerprint density at radius 3 is 2.83 bits per heavy atom. The molecule has 1 saturated heterocycles. The van der Waals surface area contributed by atoms with Gasteiger partial charge in [0.2, 0.25) is 0 Å². The van der Waals surface area contributed by atoms with Gasteiger partial charge in [-0.25, -0.2) is 9.48 Å². The highest BCUT2D eigenvalue weighted by Crippen LogP contribution is 2.11. The molecule has 0 aromatic carbocycles. The first kappa shape index (κ1) is 12.9. The molecule has 0 saturated carbocycles. The van der Waals surface area contributed by atoms with E-state index in [1.54, 1.807) is 0 Å². The summed E-state index contributed by atoms with van der Waals surface area (Å²) < 4.78 is 1.36. The molecule has 100 valence electrons. The lowest BCUT2D eigenvalue weighted by Gasteiger charge is -2.39. The number of nitrogens with one attached hydrogen (secondary N) is 2. The predicted octanol–water partition coefficient (Wildman–Crippen LogP) is -2.80. The molecule has 1 fully saturated rings. The fraction of sp³-hybridized carbons (Fsp3) is 0.556. The molecule has 2 rings (SSSR count). The predicted molar refractivity (Wildman–Crippen MR) is 61.3 cm³/mol. The van der Waals surface area contributed by atoms with Gasteiger partial charge in [-0.1, -0.05) is 0 Å². The molecule has 0 aliphatic carbocycles. The van der Waals surface area contributed by atoms with E-state index in [0.29, 0.717) is 0 Å². The lowest BCUT2D eigenvalue weighted by Crippen LogP contribution is -2.68. The van der Waals surface area contributed by atoms with Gasteiger partial charge in [0.25, 0.3) is 0 Å². The number of aliphatic hydroxyl groups excluding tert-OH is 1. The van der Waals surface area contributed by atoms with Crippen molar-refractivity contribution in [3.05, 3.63) is 18.0 Å². The van der Waals surface area contributed by atoms with Gasteiger partial charge in [0, 0.05) is 18.8 Å². The SMILES string of the molecule is NCC1NC(n2cc(C(=O)O)cn2)NC(O)C1N. The molecule has 9 heteroatoms. The number of aromatic nitrogens is 2. The fourth-order valence-electron chi connectivity index (χ4n) is 1.82. The van der Waals surface area contributed by atoms with Crippen LogP contribution in [-0.2, 0) is 0 Å². The highest BCUT2D eigenvalue weighted by Gasteiger charge is 2.33. The second-order valence-corrected chi connectivity index (χ2v) is 4.11. The van der Waals surface area contributed by atoms with Gasteiger partial charge in [-0.05, 0) is 0 Å². The van der Waals surface area contributed by atoms with Crippen LogP contribution < -0.4 is 22.1 Å². The second kappa shape index (κ2) is 5.00. The van der Waals surface area contributed by atoms with Crippen molar-refractivity contribution in [2.45, 2.75) is 24.6 Å². The Bertz CT molecular complexity index is 436. The third-order valence-corrected chi connectivity index (χ3v) is 2.90. The van der Waals surface area contributed by atoms with Crippen molar-refractivity contribution in [1.29, 1.82) is 0 Å². The molecule has 9 nitrogen and oxygen atoms in total. The average Bonchev–Trinajstić information content (AvgIpc) is 2.82. The maximum atomic E-state index is 10.8. The van der Waals surface area contributed by atoms with Gasteiger partial charge in [-0.15, -0.1) is 0 Å². The van der Waals surface area contributed by atoms with E-state index in [1.165, 1.54) is 17.1 Å². The van der Waals surface area contributed by atoms with E-state index < -0.39 is 24.5 Å². The number of nitrogens with zero attached hydrogens (tertiary/aromatic N) is 2. The molecule has 0 radical (unpaired) electrons. The molecule has 4 atom stereocenters. The normalized spacial score (nSPS) is 32.4. The Kier molecular flexibility index (Phi) is 3.59. The molecule has 1 aromatic heterocycles. The zero-order valence-electron chi connectivity index (χ0n) is 9.52. The molecule has 1 aromatic rings. The Balaban J connectivity index is 2.15. The quantitative estimate of drug-likeness (QED) is 0.339. The van der Waals surface area contributed by atoms with Crippen molar-refractivity contribution < 1.29 is 15.0 Å². The first-order valence-electron chi connectivity index (χ1n) is 5.46. The van der Waals surface area contributed by atoms with Crippen LogP contribution in [-0.4, -0.2) is 50.8 Å². The molecular formula is C9H16N6O3. The van der Waals surface area contributed by atoms with E-state index in [2.05, 4.69) is 15.7 Å². The van der Waals surface area contributed by atoms with Gasteiger partial charge < -0.3 is 21.7 Å². The molecular weight excluding hydrogens is 240 g/mol. The molecule has 4 unspecified atom stereocenters. The Hall–Kier alpha value is -1.52. The Morgan fingerprint density at radius 1 is 1.56 bits per heavy atom. The minimum atomic E-state index is -1.07. The minimum Gasteiger partial charge on any atom is -0.478 e. The number of carboxylic acids is 1. The number of rotatable bonds is 3. The molecule has 18 heavy (non-hydrogen) atoms. The van der Waals surface area contributed by atoms with Crippen molar-refractivity contribution in [2.24, 2.45) is 11.5 Å². The summed E-state index contributed by atoms with van der Waals surface area (Å²) in [4.78, 5) is 10.8. The molecule has 0 amide bonds. The van der Waals surface area contributed by atoms with Crippen LogP contribution in [0.3, 0.4) is 0 Å². The van der Waals surface area contributed by atoms with E-state index >= 15 is 0 Å². The van der Waals surface area contributed by atoms with Crippen LogP contribution in [0.5, 0.6) is 0 Å². The second-order valence-electron chi connectivity index (χ2n) is 4.11. The summed E-state index contributed by atoms with van der Waals surface area (Å²) in [6, 6.07) is -0.829. The van der Waals surface area contributed by atoms with Gasteiger partial charge in [0.1, 0.15) is 6.23 Å². The van der Waals surface area contributed by atoms with Crippen LogP contribution in [0.4, 0.5) is 0 Å². The molecule has 0 bridgehead atoms. The first-order valence-corrected chi connectivity index (χ1v) is 5.46. The maximum absolute atomic E-state index is 10.8. The summed E-state index contributed by atoms with van der Waals surface area (Å²) in [6.07, 6.45) is 1.08. The largest absolute Gasteiger partial charge is 0.478 e. The number of carboxylic acid groups (broad SMARTS) is 1. The van der Waals surface area contributed by atoms with Crippen LogP contribution in [0.15, 0.2) is 12.4 Å². The number of hydrogen-bond acceptors (Lipinski definition) is 7. The van der Waals surface area contributed by atoms with Crippen LogP contribution in [0.25, 0.3) is 0 Å². The molecule has 8 N–H and O–H groups in total. The van der Waals surface area contributed by atoms with Gasteiger partial charge in [-0.3, -0.25) is 10.6 Å². The standard InChI is InChI=1S/C9H16N6O3/c10-1-5-6(11)7(16)14-9(13-5)15-3-4(2-12-15)8(17)18/h2-3,5-7,9,13-14,16H,1,10-11H2,(H,17,18). The number of hydrogen-bond donors (Lipinski definition) is 6.